The minimum atomic E-state index is -1.19. The number of aromatic hydroxyl groups is 1. The molecule has 0 bridgehead atoms. The molecule has 0 aliphatic rings. The van der Waals surface area contributed by atoms with E-state index in [1.165, 1.54) is 18.2 Å². The van der Waals surface area contributed by atoms with E-state index in [4.69, 9.17) is 10.8 Å². The second-order valence-electron chi connectivity index (χ2n) is 2.75. The Balaban J connectivity index is 3.08. The molecule has 4 N–H and O–H groups in total. The van der Waals surface area contributed by atoms with Crippen molar-refractivity contribution in [3.8, 4) is 5.75 Å². The Morgan fingerprint density at radius 2 is 2.14 bits per heavy atom. The zero-order chi connectivity index (χ0) is 10.7. The molecule has 0 aromatic heterocycles. The molecule has 1 atom stereocenters. The molecule has 74 valence electrons. The Morgan fingerprint density at radius 1 is 1.50 bits per heavy atom. The van der Waals surface area contributed by atoms with Crippen LogP contribution in [0.25, 0.3) is 0 Å². The van der Waals surface area contributed by atoms with Crippen molar-refractivity contribution in [2.24, 2.45) is 5.73 Å². The first-order chi connectivity index (χ1) is 6.56. The Bertz CT molecular complexity index is 375. The summed E-state index contributed by atoms with van der Waals surface area (Å²) in [5.41, 5.74) is 5.65. The molecule has 1 aromatic carbocycles. The van der Waals surface area contributed by atoms with E-state index in [0.717, 1.165) is 0 Å². The van der Waals surface area contributed by atoms with Gasteiger partial charge in [0.05, 0.1) is 5.56 Å². The lowest BCUT2D eigenvalue weighted by Gasteiger charge is -2.07. The summed E-state index contributed by atoms with van der Waals surface area (Å²) in [6, 6.07) is 2.69. The number of carboxylic acids is 1. The number of aliphatic carboxylic acids is 1. The van der Waals surface area contributed by atoms with E-state index in [-0.39, 0.29) is 16.9 Å². The summed E-state index contributed by atoms with van der Waals surface area (Å²) < 4.78 is 0. The van der Waals surface area contributed by atoms with Gasteiger partial charge in [-0.15, -0.1) is 0 Å². The molecule has 5 heteroatoms. The molecule has 1 aromatic rings. The third-order valence-corrected chi connectivity index (χ3v) is 1.81. The van der Waals surface area contributed by atoms with E-state index in [0.29, 0.717) is 6.29 Å². The number of hydrogen-bond acceptors (Lipinski definition) is 4. The normalized spacial score (nSPS) is 12.1. The molecule has 0 spiro atoms. The number of carbonyl (C=O) groups is 2. The van der Waals surface area contributed by atoms with E-state index < -0.39 is 12.0 Å². The van der Waals surface area contributed by atoms with E-state index >= 15 is 0 Å². The van der Waals surface area contributed by atoms with Crippen molar-refractivity contribution in [3.63, 3.8) is 0 Å². The predicted molar refractivity (Wildman–Crippen MR) is 48.1 cm³/mol. The first-order valence-corrected chi connectivity index (χ1v) is 3.82. The van der Waals surface area contributed by atoms with Gasteiger partial charge in [-0.2, -0.15) is 0 Å². The molecule has 0 aliphatic heterocycles. The van der Waals surface area contributed by atoms with Crippen molar-refractivity contribution in [2.75, 3.05) is 0 Å². The van der Waals surface area contributed by atoms with E-state index in [9.17, 15) is 14.7 Å². The smallest absolute Gasteiger partial charge is 0.325 e. The molecule has 1 rings (SSSR count). The number of aldehydes is 1. The van der Waals surface area contributed by atoms with Crippen LogP contribution in [0.15, 0.2) is 18.2 Å². The summed E-state index contributed by atoms with van der Waals surface area (Å²) in [5.74, 6) is -1.46. The van der Waals surface area contributed by atoms with Gasteiger partial charge in [-0.05, 0) is 17.7 Å². The number of benzene rings is 1. The molecule has 0 heterocycles. The van der Waals surface area contributed by atoms with Gasteiger partial charge in [-0.3, -0.25) is 9.59 Å². The molecule has 5 nitrogen and oxygen atoms in total. The molecule has 0 saturated heterocycles. The highest BCUT2D eigenvalue weighted by Gasteiger charge is 2.15. The van der Waals surface area contributed by atoms with Gasteiger partial charge in [0.1, 0.15) is 11.8 Å². The Kier molecular flexibility index (Phi) is 2.83. The number of hydrogen-bond donors (Lipinski definition) is 3. The fourth-order valence-corrected chi connectivity index (χ4v) is 0.996. The van der Waals surface area contributed by atoms with Crippen LogP contribution in [-0.2, 0) is 4.79 Å². The SMILES string of the molecule is NC(C(=O)O)c1ccc(C=O)c(O)c1. The summed E-state index contributed by atoms with van der Waals surface area (Å²) in [5, 5.41) is 17.8. The summed E-state index contributed by atoms with van der Waals surface area (Å²) in [6.45, 7) is 0. The van der Waals surface area contributed by atoms with Gasteiger partial charge in [-0.1, -0.05) is 6.07 Å². The van der Waals surface area contributed by atoms with Crippen LogP contribution in [0.5, 0.6) is 5.75 Å². The fraction of sp³-hybridized carbons (Fsp3) is 0.111. The second kappa shape index (κ2) is 3.89. The van der Waals surface area contributed by atoms with Gasteiger partial charge in [0, 0.05) is 0 Å². The lowest BCUT2D eigenvalue weighted by molar-refractivity contribution is -0.138. The first kappa shape index (κ1) is 10.2. The minimum Gasteiger partial charge on any atom is -0.507 e. The lowest BCUT2D eigenvalue weighted by Crippen LogP contribution is -2.20. The maximum absolute atomic E-state index is 10.5. The topological polar surface area (TPSA) is 101 Å². The van der Waals surface area contributed by atoms with E-state index in [2.05, 4.69) is 0 Å². The molecule has 0 saturated carbocycles. The van der Waals surface area contributed by atoms with Crippen LogP contribution in [0.4, 0.5) is 0 Å². The number of rotatable bonds is 3. The van der Waals surface area contributed by atoms with Gasteiger partial charge in [0.25, 0.3) is 0 Å². The van der Waals surface area contributed by atoms with Crippen LogP contribution in [0.3, 0.4) is 0 Å². The summed E-state index contributed by atoms with van der Waals surface area (Å²) in [6.07, 6.45) is 0.478. The number of carboxylic acid groups (broad SMARTS) is 1. The Labute approximate surface area is 79.8 Å². The molecule has 1 unspecified atom stereocenters. The van der Waals surface area contributed by atoms with Crippen molar-refractivity contribution in [1.82, 2.24) is 0 Å². The predicted octanol–water partition coefficient (Wildman–Crippen LogP) is 0.289. The molecular formula is C9H9NO4. The maximum atomic E-state index is 10.5. The van der Waals surface area contributed by atoms with Crippen LogP contribution in [0.1, 0.15) is 22.0 Å². The molecule has 0 radical (unpaired) electrons. The number of nitrogens with two attached hydrogens (primary N) is 1. The highest BCUT2D eigenvalue weighted by Crippen LogP contribution is 2.20. The van der Waals surface area contributed by atoms with Crippen molar-refractivity contribution >= 4 is 12.3 Å². The highest BCUT2D eigenvalue weighted by atomic mass is 16.4. The molecule has 0 aliphatic carbocycles. The second-order valence-corrected chi connectivity index (χ2v) is 2.75. The average Bonchev–Trinajstić information content (AvgIpc) is 2.16. The first-order valence-electron chi connectivity index (χ1n) is 3.82. The fourth-order valence-electron chi connectivity index (χ4n) is 0.996. The van der Waals surface area contributed by atoms with Gasteiger partial charge in [0.2, 0.25) is 0 Å². The van der Waals surface area contributed by atoms with Crippen LogP contribution in [0, 0.1) is 0 Å². The monoisotopic (exact) mass is 195 g/mol. The van der Waals surface area contributed by atoms with Crippen LogP contribution < -0.4 is 5.73 Å². The van der Waals surface area contributed by atoms with E-state index in [1.807, 2.05) is 0 Å². The van der Waals surface area contributed by atoms with Crippen molar-refractivity contribution < 1.29 is 19.8 Å². The Hall–Kier alpha value is -1.88. The number of phenols is 1. The quantitative estimate of drug-likeness (QED) is 0.602. The van der Waals surface area contributed by atoms with Crippen LogP contribution in [0.2, 0.25) is 0 Å². The maximum Gasteiger partial charge on any atom is 0.325 e. The van der Waals surface area contributed by atoms with Gasteiger partial charge in [0.15, 0.2) is 6.29 Å². The van der Waals surface area contributed by atoms with Crippen LogP contribution >= 0.6 is 0 Å². The molecule has 0 amide bonds. The summed E-state index contributed by atoms with van der Waals surface area (Å²) in [7, 11) is 0. The molecule has 0 fully saturated rings. The van der Waals surface area contributed by atoms with E-state index in [1.54, 1.807) is 0 Å². The van der Waals surface area contributed by atoms with Crippen molar-refractivity contribution in [1.29, 1.82) is 0 Å². The average molecular weight is 195 g/mol. The standard InChI is InChI=1S/C9H9NO4/c10-8(9(13)14)5-1-2-6(4-11)7(12)3-5/h1-4,8,12H,10H2,(H,13,14). The van der Waals surface area contributed by atoms with Crippen LogP contribution in [-0.4, -0.2) is 22.5 Å². The lowest BCUT2D eigenvalue weighted by atomic mass is 10.1. The minimum absolute atomic E-state index is 0.103. The Morgan fingerprint density at radius 3 is 2.57 bits per heavy atom. The van der Waals surface area contributed by atoms with Gasteiger partial charge >= 0.3 is 5.97 Å². The summed E-state index contributed by atoms with van der Waals surface area (Å²) in [4.78, 5) is 20.8. The molecular weight excluding hydrogens is 186 g/mol. The summed E-state index contributed by atoms with van der Waals surface area (Å²) >= 11 is 0. The molecule has 14 heavy (non-hydrogen) atoms. The van der Waals surface area contributed by atoms with Gasteiger partial charge in [-0.25, -0.2) is 0 Å². The third-order valence-electron chi connectivity index (χ3n) is 1.81. The van der Waals surface area contributed by atoms with Crippen molar-refractivity contribution in [3.05, 3.63) is 29.3 Å². The number of phenolic OH excluding ortho intramolecular Hbond substituents is 1. The van der Waals surface area contributed by atoms with Gasteiger partial charge < -0.3 is 15.9 Å². The van der Waals surface area contributed by atoms with Crippen molar-refractivity contribution in [2.45, 2.75) is 6.04 Å². The zero-order valence-corrected chi connectivity index (χ0v) is 7.18. The zero-order valence-electron chi connectivity index (χ0n) is 7.18. The number of carbonyl (C=O) groups excluding carboxylic acids is 1. The highest BCUT2D eigenvalue weighted by molar-refractivity contribution is 5.80. The third kappa shape index (κ3) is 1.89. The largest absolute Gasteiger partial charge is 0.507 e.